The molecule has 9 heteroatoms. The highest BCUT2D eigenvalue weighted by atomic mass is 32.1. The van der Waals surface area contributed by atoms with Gasteiger partial charge in [0.25, 0.3) is 0 Å². The minimum Gasteiger partial charge on any atom is -0.406 e. The summed E-state index contributed by atoms with van der Waals surface area (Å²) >= 11 is 0.688. The van der Waals surface area contributed by atoms with Gasteiger partial charge < -0.3 is 14.9 Å². The Balaban J connectivity index is 2.40. The van der Waals surface area contributed by atoms with E-state index in [-0.39, 0.29) is 15.3 Å². The van der Waals surface area contributed by atoms with Crippen LogP contribution in [0.15, 0.2) is 18.2 Å². The van der Waals surface area contributed by atoms with Crippen LogP contribution in [0.25, 0.3) is 10.2 Å². The van der Waals surface area contributed by atoms with Crippen molar-refractivity contribution in [3.63, 3.8) is 0 Å². The van der Waals surface area contributed by atoms with E-state index in [4.69, 9.17) is 0 Å². The van der Waals surface area contributed by atoms with E-state index in [0.29, 0.717) is 11.3 Å². The number of rotatable bonds is 2. The number of thiazole rings is 1. The third-order valence-electron chi connectivity index (χ3n) is 1.74. The molecule has 0 N–H and O–H groups in total. The van der Waals surface area contributed by atoms with Gasteiger partial charge in [-0.2, -0.15) is 0 Å². The summed E-state index contributed by atoms with van der Waals surface area (Å²) < 4.78 is 39.7. The lowest BCUT2D eigenvalue weighted by Crippen LogP contribution is -2.16. The van der Waals surface area contributed by atoms with Gasteiger partial charge in [0.1, 0.15) is 5.75 Å². The second kappa shape index (κ2) is 3.84. The van der Waals surface area contributed by atoms with Crippen molar-refractivity contribution in [2.45, 2.75) is 6.36 Å². The molecule has 0 saturated heterocycles. The number of aromatic nitrogens is 1. The number of halogens is 3. The van der Waals surface area contributed by atoms with Gasteiger partial charge in [-0.1, -0.05) is 0 Å². The smallest absolute Gasteiger partial charge is 0.406 e. The third kappa shape index (κ3) is 2.61. The van der Waals surface area contributed by atoms with E-state index >= 15 is 0 Å². The molecule has 1 aromatic heterocycles. The number of benzene rings is 1. The molecule has 0 aliphatic heterocycles. The normalized spacial score (nSPS) is 11.7. The van der Waals surface area contributed by atoms with Gasteiger partial charge in [0.05, 0.1) is 4.70 Å². The lowest BCUT2D eigenvalue weighted by molar-refractivity contribution is -0.384. The van der Waals surface area contributed by atoms with Crippen molar-refractivity contribution >= 4 is 26.7 Å². The molecule has 90 valence electrons. The van der Waals surface area contributed by atoms with Gasteiger partial charge in [-0.15, -0.1) is 13.2 Å². The van der Waals surface area contributed by atoms with E-state index in [1.54, 1.807) is 0 Å². The van der Waals surface area contributed by atoms with Crippen LogP contribution in [0.3, 0.4) is 0 Å². The summed E-state index contributed by atoms with van der Waals surface area (Å²) in [5.74, 6) is -0.427. The van der Waals surface area contributed by atoms with Crippen LogP contribution >= 0.6 is 11.3 Å². The SMILES string of the molecule is O=[N+]([O-])c1nc2ccc(OC(F)(F)F)cc2s1. The van der Waals surface area contributed by atoms with Crippen LogP contribution in [0.2, 0.25) is 0 Å². The number of alkyl halides is 3. The average Bonchev–Trinajstić information content (AvgIpc) is 2.57. The Morgan fingerprint density at radius 1 is 1.41 bits per heavy atom. The molecule has 0 fully saturated rings. The molecule has 1 aromatic carbocycles. The van der Waals surface area contributed by atoms with Gasteiger partial charge >= 0.3 is 11.5 Å². The Bertz CT molecular complexity index is 581. The van der Waals surface area contributed by atoms with Crippen LogP contribution in [0.1, 0.15) is 0 Å². The van der Waals surface area contributed by atoms with Gasteiger partial charge in [-0.3, -0.25) is 0 Å². The molecule has 0 aliphatic rings. The van der Waals surface area contributed by atoms with Crippen LogP contribution in [-0.4, -0.2) is 16.3 Å². The fourth-order valence-electron chi connectivity index (χ4n) is 1.17. The monoisotopic (exact) mass is 264 g/mol. The fourth-order valence-corrected chi connectivity index (χ4v) is 1.98. The van der Waals surface area contributed by atoms with Crippen molar-refractivity contribution in [3.8, 4) is 5.75 Å². The summed E-state index contributed by atoms with van der Waals surface area (Å²) in [5.41, 5.74) is 0.260. The summed E-state index contributed by atoms with van der Waals surface area (Å²) in [6.45, 7) is 0. The van der Waals surface area contributed by atoms with Crippen LogP contribution < -0.4 is 4.74 Å². The van der Waals surface area contributed by atoms with Gasteiger partial charge in [0.15, 0.2) is 5.52 Å². The molecule has 2 aromatic rings. The zero-order valence-corrected chi connectivity index (χ0v) is 8.71. The summed E-state index contributed by atoms with van der Waals surface area (Å²) in [5, 5.41) is 10.1. The first-order chi connectivity index (χ1) is 7.85. The molecule has 0 amide bonds. The molecular weight excluding hydrogens is 261 g/mol. The lowest BCUT2D eigenvalue weighted by Gasteiger charge is -2.07. The number of nitrogens with zero attached hydrogens (tertiary/aromatic N) is 2. The van der Waals surface area contributed by atoms with Crippen LogP contribution in [-0.2, 0) is 0 Å². The van der Waals surface area contributed by atoms with Gasteiger partial charge in [-0.25, -0.2) is 0 Å². The average molecular weight is 264 g/mol. The van der Waals surface area contributed by atoms with Crippen molar-refractivity contribution in [3.05, 3.63) is 28.3 Å². The Kier molecular flexibility index (Phi) is 2.62. The van der Waals surface area contributed by atoms with Crippen LogP contribution in [0, 0.1) is 10.1 Å². The summed E-state index contributed by atoms with van der Waals surface area (Å²) in [6.07, 6.45) is -4.79. The molecule has 0 atom stereocenters. The van der Waals surface area contributed by atoms with Crippen LogP contribution in [0.4, 0.5) is 18.3 Å². The number of ether oxygens (including phenoxy) is 1. The maximum Gasteiger partial charge on any atom is 0.573 e. The molecule has 0 spiro atoms. The quantitative estimate of drug-likeness (QED) is 0.617. The van der Waals surface area contributed by atoms with E-state index in [0.717, 1.165) is 12.1 Å². The third-order valence-corrected chi connectivity index (χ3v) is 2.71. The minimum atomic E-state index is -4.79. The van der Waals surface area contributed by atoms with Gasteiger partial charge in [0.2, 0.25) is 0 Å². The highest BCUT2D eigenvalue weighted by molar-refractivity contribution is 7.21. The number of nitro groups is 1. The van der Waals surface area contributed by atoms with E-state index in [9.17, 15) is 23.3 Å². The molecule has 1 heterocycles. The standard InChI is InChI=1S/C8H3F3N2O3S/c9-8(10,11)16-4-1-2-5-6(3-4)17-7(12-5)13(14)15/h1-3H. The molecule has 0 radical (unpaired) electrons. The first-order valence-corrected chi connectivity index (χ1v) is 4.97. The second-order valence-corrected chi connectivity index (χ2v) is 3.94. The zero-order valence-electron chi connectivity index (χ0n) is 7.89. The first kappa shape index (κ1) is 11.6. The fraction of sp³-hybridized carbons (Fsp3) is 0.125. The predicted octanol–water partition coefficient (Wildman–Crippen LogP) is 3.10. The molecule has 2 rings (SSSR count). The second-order valence-electron chi connectivity index (χ2n) is 2.93. The van der Waals surface area contributed by atoms with E-state index < -0.39 is 17.0 Å². The van der Waals surface area contributed by atoms with E-state index in [2.05, 4.69) is 9.72 Å². The highest BCUT2D eigenvalue weighted by Crippen LogP contribution is 2.32. The molecule has 0 bridgehead atoms. The molecule has 17 heavy (non-hydrogen) atoms. The maximum atomic E-state index is 11.9. The topological polar surface area (TPSA) is 65.3 Å². The summed E-state index contributed by atoms with van der Waals surface area (Å²) in [6, 6.07) is 3.35. The minimum absolute atomic E-state index is 0.260. The lowest BCUT2D eigenvalue weighted by atomic mass is 10.3. The van der Waals surface area contributed by atoms with E-state index in [1.165, 1.54) is 6.07 Å². The summed E-state index contributed by atoms with van der Waals surface area (Å²) in [4.78, 5) is 13.4. The molecule has 0 aliphatic carbocycles. The van der Waals surface area contributed by atoms with Crippen molar-refractivity contribution in [1.29, 1.82) is 0 Å². The number of fused-ring (bicyclic) bond motifs is 1. The van der Waals surface area contributed by atoms with Crippen molar-refractivity contribution < 1.29 is 22.8 Å². The van der Waals surface area contributed by atoms with Crippen molar-refractivity contribution in [1.82, 2.24) is 4.98 Å². The Morgan fingerprint density at radius 2 is 2.12 bits per heavy atom. The molecule has 0 unspecified atom stereocenters. The van der Waals surface area contributed by atoms with Crippen LogP contribution in [0.5, 0.6) is 5.75 Å². The number of hydrogen-bond donors (Lipinski definition) is 0. The number of hydrogen-bond acceptors (Lipinski definition) is 5. The van der Waals surface area contributed by atoms with Crippen molar-refractivity contribution in [2.75, 3.05) is 0 Å². The largest absolute Gasteiger partial charge is 0.573 e. The molecular formula is C8H3F3N2O3S. The maximum absolute atomic E-state index is 11.9. The zero-order chi connectivity index (χ0) is 12.6. The molecule has 0 saturated carbocycles. The predicted molar refractivity (Wildman–Crippen MR) is 53.0 cm³/mol. The first-order valence-electron chi connectivity index (χ1n) is 4.16. The summed E-state index contributed by atoms with van der Waals surface area (Å²) in [7, 11) is 0. The van der Waals surface area contributed by atoms with Gasteiger partial charge in [-0.05, 0) is 33.4 Å². The Morgan fingerprint density at radius 3 is 2.71 bits per heavy atom. The van der Waals surface area contributed by atoms with E-state index in [1.807, 2.05) is 0 Å². The highest BCUT2D eigenvalue weighted by Gasteiger charge is 2.31. The Hall–Kier alpha value is -1.90. The Labute approximate surface area is 95.6 Å². The van der Waals surface area contributed by atoms with Crippen molar-refractivity contribution in [2.24, 2.45) is 0 Å². The van der Waals surface area contributed by atoms with Gasteiger partial charge in [0, 0.05) is 6.07 Å². The molecule has 5 nitrogen and oxygen atoms in total.